The van der Waals surface area contributed by atoms with E-state index >= 15 is 0 Å². The third-order valence-electron chi connectivity index (χ3n) is 5.00. The van der Waals surface area contributed by atoms with Gasteiger partial charge in [-0.15, -0.1) is 0 Å². The monoisotopic (exact) mass is 418 g/mol. The van der Waals surface area contributed by atoms with Gasteiger partial charge in [0.25, 0.3) is 0 Å². The first-order valence-electron chi connectivity index (χ1n) is 10.0. The Hall–Kier alpha value is -2.84. The van der Waals surface area contributed by atoms with E-state index in [0.29, 0.717) is 17.1 Å². The van der Waals surface area contributed by atoms with Crippen LogP contribution < -0.4 is 10.2 Å². The Morgan fingerprint density at radius 3 is 2.40 bits per heavy atom. The van der Waals surface area contributed by atoms with Crippen LogP contribution in [0, 0.1) is 0 Å². The van der Waals surface area contributed by atoms with Crippen LogP contribution in [-0.2, 0) is 12.7 Å². The topological polar surface area (TPSA) is 58.9 Å². The van der Waals surface area contributed by atoms with E-state index < -0.39 is 11.7 Å². The van der Waals surface area contributed by atoms with Gasteiger partial charge in [0.1, 0.15) is 0 Å². The van der Waals surface area contributed by atoms with Crippen LogP contribution in [0.5, 0.6) is 0 Å². The summed E-state index contributed by atoms with van der Waals surface area (Å²) in [6.45, 7) is 7.81. The zero-order valence-electron chi connectivity index (χ0n) is 17.3. The van der Waals surface area contributed by atoms with Crippen LogP contribution in [0.25, 0.3) is 11.2 Å². The molecule has 0 bridgehead atoms. The SMILES string of the molecule is CC(C)(C)Nc1nc(N2CCCC2)c2ncn(Cc3ccccc3C(F)(F)F)c2n1. The van der Waals surface area contributed by atoms with Gasteiger partial charge < -0.3 is 14.8 Å². The maximum Gasteiger partial charge on any atom is 0.416 e. The number of hydrogen-bond acceptors (Lipinski definition) is 5. The predicted molar refractivity (Wildman–Crippen MR) is 111 cm³/mol. The molecule has 0 saturated carbocycles. The molecule has 1 saturated heterocycles. The third kappa shape index (κ3) is 4.20. The Morgan fingerprint density at radius 2 is 1.73 bits per heavy atom. The number of halogens is 3. The summed E-state index contributed by atoms with van der Waals surface area (Å²) >= 11 is 0. The lowest BCUT2D eigenvalue weighted by molar-refractivity contribution is -0.138. The minimum Gasteiger partial charge on any atom is -0.355 e. The highest BCUT2D eigenvalue weighted by Gasteiger charge is 2.33. The summed E-state index contributed by atoms with van der Waals surface area (Å²) in [6.07, 6.45) is -0.713. The van der Waals surface area contributed by atoms with E-state index in [4.69, 9.17) is 4.98 Å². The van der Waals surface area contributed by atoms with Crippen molar-refractivity contribution >= 4 is 22.9 Å². The average molecular weight is 418 g/mol. The number of aromatic nitrogens is 4. The van der Waals surface area contributed by atoms with E-state index in [0.717, 1.165) is 37.8 Å². The molecule has 1 aromatic carbocycles. The number of imidazole rings is 1. The van der Waals surface area contributed by atoms with Crippen LogP contribution in [0.15, 0.2) is 30.6 Å². The van der Waals surface area contributed by atoms with Crippen LogP contribution in [0.4, 0.5) is 24.9 Å². The number of fused-ring (bicyclic) bond motifs is 1. The van der Waals surface area contributed by atoms with Crippen LogP contribution in [0.1, 0.15) is 44.7 Å². The normalized spacial score (nSPS) is 15.2. The molecule has 1 fully saturated rings. The summed E-state index contributed by atoms with van der Waals surface area (Å²) in [7, 11) is 0. The molecule has 1 N–H and O–H groups in total. The molecule has 2 aromatic heterocycles. The van der Waals surface area contributed by atoms with Crippen molar-refractivity contribution in [2.75, 3.05) is 23.3 Å². The number of hydrogen-bond donors (Lipinski definition) is 1. The molecule has 0 radical (unpaired) electrons. The molecule has 30 heavy (non-hydrogen) atoms. The highest BCUT2D eigenvalue weighted by atomic mass is 19.4. The summed E-state index contributed by atoms with van der Waals surface area (Å²) < 4.78 is 42.0. The average Bonchev–Trinajstić information content (AvgIpc) is 3.30. The standard InChI is InChI=1S/C21H25F3N6/c1-20(2,3)28-19-26-17(29-10-6-7-11-29)16-18(27-19)30(13-25-16)12-14-8-4-5-9-15(14)21(22,23)24/h4-5,8-9,13H,6-7,10-12H2,1-3H3,(H,26,27,28). The molecule has 3 aromatic rings. The molecule has 4 rings (SSSR count). The second-order valence-corrected chi connectivity index (χ2v) is 8.64. The van der Waals surface area contributed by atoms with Crippen molar-refractivity contribution < 1.29 is 13.2 Å². The molecular weight excluding hydrogens is 393 g/mol. The van der Waals surface area contributed by atoms with E-state index in [-0.39, 0.29) is 17.6 Å². The van der Waals surface area contributed by atoms with Gasteiger partial charge in [0.2, 0.25) is 5.95 Å². The minimum absolute atomic E-state index is 0.0254. The fourth-order valence-electron chi connectivity index (χ4n) is 3.70. The highest BCUT2D eigenvalue weighted by molar-refractivity contribution is 5.85. The molecule has 6 nitrogen and oxygen atoms in total. The summed E-state index contributed by atoms with van der Waals surface area (Å²) in [6, 6.07) is 5.61. The molecule has 0 aliphatic carbocycles. The second kappa shape index (κ2) is 7.45. The zero-order valence-corrected chi connectivity index (χ0v) is 17.3. The van der Waals surface area contributed by atoms with E-state index in [1.807, 2.05) is 20.8 Å². The first kappa shape index (κ1) is 20.4. The van der Waals surface area contributed by atoms with Crippen molar-refractivity contribution in [2.45, 2.75) is 51.9 Å². The quantitative estimate of drug-likeness (QED) is 0.665. The molecule has 0 unspecified atom stereocenters. The maximum atomic E-state index is 13.4. The van der Waals surface area contributed by atoms with E-state index in [1.54, 1.807) is 17.0 Å². The Labute approximate surface area is 173 Å². The minimum atomic E-state index is -4.42. The summed E-state index contributed by atoms with van der Waals surface area (Å²) in [5.74, 6) is 1.18. The van der Waals surface area contributed by atoms with Gasteiger partial charge in [-0.3, -0.25) is 0 Å². The summed E-state index contributed by atoms with van der Waals surface area (Å²) in [4.78, 5) is 15.9. The number of nitrogens with one attached hydrogen (secondary N) is 1. The lowest BCUT2D eigenvalue weighted by atomic mass is 10.1. The van der Waals surface area contributed by atoms with Gasteiger partial charge in [0, 0.05) is 18.6 Å². The Balaban J connectivity index is 1.80. The van der Waals surface area contributed by atoms with Gasteiger partial charge in [0.05, 0.1) is 18.4 Å². The Kier molecular flexibility index (Phi) is 5.07. The maximum absolute atomic E-state index is 13.4. The fraction of sp³-hybridized carbons (Fsp3) is 0.476. The summed E-state index contributed by atoms with van der Waals surface area (Å²) in [5, 5.41) is 3.28. The molecule has 0 spiro atoms. The highest BCUT2D eigenvalue weighted by Crippen LogP contribution is 2.33. The number of alkyl halides is 3. The molecule has 1 aliphatic heterocycles. The van der Waals surface area contributed by atoms with Crippen LogP contribution in [0.3, 0.4) is 0 Å². The largest absolute Gasteiger partial charge is 0.416 e. The van der Waals surface area contributed by atoms with Crippen LogP contribution in [-0.4, -0.2) is 38.1 Å². The Bertz CT molecular complexity index is 1050. The molecule has 1 aliphatic rings. The first-order valence-corrected chi connectivity index (χ1v) is 10.0. The Morgan fingerprint density at radius 1 is 1.03 bits per heavy atom. The first-order chi connectivity index (χ1) is 14.1. The van der Waals surface area contributed by atoms with Crippen molar-refractivity contribution in [3.8, 4) is 0 Å². The zero-order chi connectivity index (χ0) is 21.5. The predicted octanol–water partition coefficient (Wildman–Crippen LogP) is 4.70. The van der Waals surface area contributed by atoms with Crippen molar-refractivity contribution in [1.29, 1.82) is 0 Å². The van der Waals surface area contributed by atoms with Crippen molar-refractivity contribution in [1.82, 2.24) is 19.5 Å². The van der Waals surface area contributed by atoms with E-state index in [2.05, 4.69) is 20.2 Å². The molecule has 160 valence electrons. The van der Waals surface area contributed by atoms with Gasteiger partial charge in [-0.2, -0.15) is 23.1 Å². The molecule has 0 atom stereocenters. The lowest BCUT2D eigenvalue weighted by Gasteiger charge is -2.23. The van der Waals surface area contributed by atoms with Gasteiger partial charge in [-0.1, -0.05) is 18.2 Å². The van der Waals surface area contributed by atoms with Gasteiger partial charge in [-0.05, 0) is 45.2 Å². The van der Waals surface area contributed by atoms with Gasteiger partial charge in [-0.25, -0.2) is 4.98 Å². The van der Waals surface area contributed by atoms with Crippen molar-refractivity contribution in [3.05, 3.63) is 41.7 Å². The van der Waals surface area contributed by atoms with E-state index in [1.165, 1.54) is 12.1 Å². The lowest BCUT2D eigenvalue weighted by Crippen LogP contribution is -2.28. The van der Waals surface area contributed by atoms with Crippen molar-refractivity contribution in [3.63, 3.8) is 0 Å². The van der Waals surface area contributed by atoms with Gasteiger partial charge >= 0.3 is 6.18 Å². The van der Waals surface area contributed by atoms with Crippen molar-refractivity contribution in [2.24, 2.45) is 0 Å². The number of anilines is 2. The van der Waals surface area contributed by atoms with Crippen LogP contribution in [0.2, 0.25) is 0 Å². The molecular formula is C21H25F3N6. The van der Waals surface area contributed by atoms with Crippen LogP contribution >= 0.6 is 0 Å². The molecule has 3 heterocycles. The fourth-order valence-corrected chi connectivity index (χ4v) is 3.70. The van der Waals surface area contributed by atoms with Gasteiger partial charge in [0.15, 0.2) is 17.0 Å². The third-order valence-corrected chi connectivity index (χ3v) is 5.00. The molecule has 0 amide bonds. The smallest absolute Gasteiger partial charge is 0.355 e. The molecule has 9 heteroatoms. The van der Waals surface area contributed by atoms with E-state index in [9.17, 15) is 13.2 Å². The number of benzene rings is 1. The second-order valence-electron chi connectivity index (χ2n) is 8.64. The summed E-state index contributed by atoms with van der Waals surface area (Å²) in [5.41, 5.74) is 0.408. The number of rotatable bonds is 4. The number of nitrogens with zero attached hydrogens (tertiary/aromatic N) is 5.